The highest BCUT2D eigenvalue weighted by Gasteiger charge is 2.38. The number of alkyl halides is 3. The molecule has 0 bridgehead atoms. The summed E-state index contributed by atoms with van der Waals surface area (Å²) in [5.41, 5.74) is 3.41. The number of nitrogens with one attached hydrogen (secondary N) is 1. The van der Waals surface area contributed by atoms with Gasteiger partial charge in [-0.2, -0.15) is 13.2 Å². The number of primary amides is 1. The number of carbonyl (C=O) groups excluding carboxylic acids is 2. The van der Waals surface area contributed by atoms with Crippen molar-refractivity contribution in [3.8, 4) is 5.75 Å². The first-order valence-electron chi connectivity index (χ1n) is 8.20. The monoisotopic (exact) mass is 423 g/mol. The van der Waals surface area contributed by atoms with E-state index in [1.807, 2.05) is 0 Å². The number of hydrogen-bond donors (Lipinski definition) is 2. The van der Waals surface area contributed by atoms with Crippen LogP contribution in [0.2, 0.25) is 0 Å². The van der Waals surface area contributed by atoms with Gasteiger partial charge >= 0.3 is 6.18 Å². The SMILES string of the molecule is CC(CS(C)(=O)=O)(NC(=O)c1cc(OCC(F)(F)F)c(C2CC2)cn1)C(N)=O. The summed E-state index contributed by atoms with van der Waals surface area (Å²) < 4.78 is 65.3. The Balaban J connectivity index is 2.28. The molecule has 1 aromatic heterocycles. The second kappa shape index (κ2) is 7.57. The van der Waals surface area contributed by atoms with Crippen LogP contribution >= 0.6 is 0 Å². The normalized spacial score (nSPS) is 16.9. The number of ether oxygens (including phenoxy) is 1. The smallest absolute Gasteiger partial charge is 0.422 e. The molecule has 156 valence electrons. The Labute approximate surface area is 159 Å². The van der Waals surface area contributed by atoms with Gasteiger partial charge in [0.2, 0.25) is 5.91 Å². The van der Waals surface area contributed by atoms with E-state index in [2.05, 4.69) is 10.3 Å². The summed E-state index contributed by atoms with van der Waals surface area (Å²) in [6, 6.07) is 1.04. The molecule has 1 atom stereocenters. The van der Waals surface area contributed by atoms with Gasteiger partial charge in [0.05, 0.1) is 5.75 Å². The molecule has 0 aromatic carbocycles. The van der Waals surface area contributed by atoms with Crippen LogP contribution in [0.15, 0.2) is 12.3 Å². The fourth-order valence-corrected chi connectivity index (χ4v) is 3.83. The van der Waals surface area contributed by atoms with Crippen LogP contribution in [0.5, 0.6) is 5.75 Å². The number of carbonyl (C=O) groups is 2. The van der Waals surface area contributed by atoms with Gasteiger partial charge in [-0.3, -0.25) is 14.6 Å². The predicted molar refractivity (Wildman–Crippen MR) is 92.5 cm³/mol. The lowest BCUT2D eigenvalue weighted by Crippen LogP contribution is -2.59. The minimum absolute atomic E-state index is 0.00830. The van der Waals surface area contributed by atoms with E-state index >= 15 is 0 Å². The van der Waals surface area contributed by atoms with Gasteiger partial charge in [-0.05, 0) is 25.7 Å². The van der Waals surface area contributed by atoms with Crippen LogP contribution < -0.4 is 15.8 Å². The topological polar surface area (TPSA) is 128 Å². The van der Waals surface area contributed by atoms with E-state index in [4.69, 9.17) is 10.5 Å². The minimum Gasteiger partial charge on any atom is -0.484 e. The molecule has 1 saturated carbocycles. The first-order chi connectivity index (χ1) is 12.7. The maximum Gasteiger partial charge on any atom is 0.422 e. The van der Waals surface area contributed by atoms with Crippen LogP contribution in [0, 0.1) is 0 Å². The Bertz CT molecular complexity index is 884. The summed E-state index contributed by atoms with van der Waals surface area (Å²) in [5, 5.41) is 2.20. The number of hydrogen-bond acceptors (Lipinski definition) is 6. The Morgan fingerprint density at radius 3 is 2.43 bits per heavy atom. The number of halogens is 3. The molecule has 0 spiro atoms. The lowest BCUT2D eigenvalue weighted by molar-refractivity contribution is -0.153. The molecule has 2 rings (SSSR count). The zero-order valence-electron chi connectivity index (χ0n) is 15.2. The van der Waals surface area contributed by atoms with Crippen LogP contribution in [0.1, 0.15) is 41.7 Å². The largest absolute Gasteiger partial charge is 0.484 e. The van der Waals surface area contributed by atoms with Gasteiger partial charge in [0, 0.05) is 24.1 Å². The Morgan fingerprint density at radius 1 is 1.36 bits per heavy atom. The zero-order valence-corrected chi connectivity index (χ0v) is 16.0. The molecule has 1 aliphatic carbocycles. The highest BCUT2D eigenvalue weighted by molar-refractivity contribution is 7.90. The third kappa shape index (κ3) is 6.08. The summed E-state index contributed by atoms with van der Waals surface area (Å²) in [4.78, 5) is 28.0. The van der Waals surface area contributed by atoms with Gasteiger partial charge in [-0.1, -0.05) is 0 Å². The molecule has 12 heteroatoms. The molecule has 1 aliphatic rings. The van der Waals surface area contributed by atoms with E-state index in [1.54, 1.807) is 0 Å². The average Bonchev–Trinajstić information content (AvgIpc) is 3.34. The molecule has 0 saturated heterocycles. The summed E-state index contributed by atoms with van der Waals surface area (Å²) in [6.45, 7) is -0.404. The number of pyridine rings is 1. The van der Waals surface area contributed by atoms with Gasteiger partial charge in [0.1, 0.15) is 26.8 Å². The number of sulfone groups is 1. The van der Waals surface area contributed by atoms with E-state index in [1.165, 1.54) is 6.20 Å². The van der Waals surface area contributed by atoms with E-state index in [-0.39, 0.29) is 17.4 Å². The first kappa shape index (κ1) is 21.9. The molecule has 2 amide bonds. The van der Waals surface area contributed by atoms with Crippen molar-refractivity contribution >= 4 is 21.7 Å². The molecule has 1 unspecified atom stereocenters. The molecule has 1 heterocycles. The van der Waals surface area contributed by atoms with Crippen molar-refractivity contribution in [1.82, 2.24) is 10.3 Å². The molecular weight excluding hydrogens is 403 g/mol. The maximum absolute atomic E-state index is 12.5. The van der Waals surface area contributed by atoms with E-state index < -0.39 is 45.7 Å². The van der Waals surface area contributed by atoms with Gasteiger partial charge in [-0.15, -0.1) is 0 Å². The third-order valence-corrected chi connectivity index (χ3v) is 5.12. The predicted octanol–water partition coefficient (Wildman–Crippen LogP) is 0.918. The van der Waals surface area contributed by atoms with Crippen LogP contribution in [-0.2, 0) is 14.6 Å². The highest BCUT2D eigenvalue weighted by atomic mass is 32.2. The lowest BCUT2D eigenvalue weighted by atomic mass is 10.0. The van der Waals surface area contributed by atoms with Gasteiger partial charge < -0.3 is 15.8 Å². The van der Waals surface area contributed by atoms with Crippen molar-refractivity contribution in [3.05, 3.63) is 23.5 Å². The lowest BCUT2D eigenvalue weighted by Gasteiger charge is -2.26. The summed E-state index contributed by atoms with van der Waals surface area (Å²) in [7, 11) is -3.68. The van der Waals surface area contributed by atoms with Crippen LogP contribution in [-0.4, -0.2) is 55.5 Å². The summed E-state index contributed by atoms with van der Waals surface area (Å²) in [6.07, 6.45) is -0.914. The number of aromatic nitrogens is 1. The van der Waals surface area contributed by atoms with Gasteiger partial charge in [-0.25, -0.2) is 8.42 Å². The van der Waals surface area contributed by atoms with Gasteiger partial charge in [0.25, 0.3) is 5.91 Å². The van der Waals surface area contributed by atoms with Crippen molar-refractivity contribution in [2.75, 3.05) is 18.6 Å². The quantitative estimate of drug-likeness (QED) is 0.640. The molecular formula is C16H20F3N3O5S. The van der Waals surface area contributed by atoms with Crippen molar-refractivity contribution in [2.24, 2.45) is 5.73 Å². The van der Waals surface area contributed by atoms with Crippen molar-refractivity contribution in [1.29, 1.82) is 0 Å². The molecule has 1 fully saturated rings. The molecule has 8 nitrogen and oxygen atoms in total. The second-order valence-electron chi connectivity index (χ2n) is 7.01. The van der Waals surface area contributed by atoms with E-state index in [0.29, 0.717) is 5.56 Å². The first-order valence-corrected chi connectivity index (χ1v) is 10.3. The molecule has 1 aromatic rings. The zero-order chi connectivity index (χ0) is 21.3. The number of amides is 2. The van der Waals surface area contributed by atoms with Gasteiger partial charge in [0.15, 0.2) is 6.61 Å². The van der Waals surface area contributed by atoms with E-state index in [0.717, 1.165) is 32.1 Å². The Kier molecular flexibility index (Phi) is 5.93. The molecule has 28 heavy (non-hydrogen) atoms. The average molecular weight is 423 g/mol. The van der Waals surface area contributed by atoms with Crippen LogP contribution in [0.3, 0.4) is 0 Å². The summed E-state index contributed by atoms with van der Waals surface area (Å²) >= 11 is 0. The Morgan fingerprint density at radius 2 is 1.96 bits per heavy atom. The fraction of sp³-hybridized carbons (Fsp3) is 0.562. The van der Waals surface area contributed by atoms with Crippen molar-refractivity contribution < 1.29 is 35.9 Å². The number of rotatable bonds is 8. The van der Waals surface area contributed by atoms with Crippen LogP contribution in [0.4, 0.5) is 13.2 Å². The van der Waals surface area contributed by atoms with Crippen molar-refractivity contribution in [3.63, 3.8) is 0 Å². The van der Waals surface area contributed by atoms with Crippen molar-refractivity contribution in [2.45, 2.75) is 37.4 Å². The van der Waals surface area contributed by atoms with Crippen LogP contribution in [0.25, 0.3) is 0 Å². The maximum atomic E-state index is 12.5. The molecule has 0 aliphatic heterocycles. The molecule has 0 radical (unpaired) electrons. The number of nitrogens with zero attached hydrogens (tertiary/aromatic N) is 1. The third-order valence-electron chi connectivity index (χ3n) is 4.02. The second-order valence-corrected chi connectivity index (χ2v) is 9.15. The highest BCUT2D eigenvalue weighted by Crippen LogP contribution is 2.44. The number of nitrogens with two attached hydrogens (primary N) is 1. The summed E-state index contributed by atoms with van der Waals surface area (Å²) in [5.74, 6) is -2.94. The van der Waals surface area contributed by atoms with E-state index in [9.17, 15) is 31.2 Å². The Hall–Kier alpha value is -2.37. The fourth-order valence-electron chi connectivity index (χ4n) is 2.56. The molecule has 3 N–H and O–H groups in total. The standard InChI is InChI=1S/C16H20F3N3O5S/c1-15(14(20)24,8-28(2,25)26)22-13(23)11-5-12(27-7-16(17,18)19)10(6-21-11)9-3-4-9/h5-6,9H,3-4,7-8H2,1-2H3,(H2,20,24)(H,22,23). The minimum atomic E-state index is -4.56.